The predicted molar refractivity (Wildman–Crippen MR) is 85.2 cm³/mol. The molecule has 0 bridgehead atoms. The Kier molecular flexibility index (Phi) is 6.05. The first-order chi connectivity index (χ1) is 8.95. The number of Topliss-reactive ketones (excluding diaryl/α,β-unsaturated/α-hetero) is 1. The molecule has 0 aliphatic heterocycles. The summed E-state index contributed by atoms with van der Waals surface area (Å²) < 4.78 is 5.79. The van der Waals surface area contributed by atoms with Gasteiger partial charge in [-0.25, -0.2) is 0 Å². The number of thioether (sulfide) groups is 1. The highest BCUT2D eigenvalue weighted by Gasteiger charge is 2.11. The number of ketones is 1. The molecule has 1 rings (SSSR count). The second kappa shape index (κ2) is 7.31. The fourth-order valence-corrected chi connectivity index (χ4v) is 2.15. The van der Waals surface area contributed by atoms with Crippen LogP contribution in [-0.2, 0) is 0 Å². The van der Waals surface area contributed by atoms with Gasteiger partial charge in [0.25, 0.3) is 0 Å². The zero-order valence-corrected chi connectivity index (χ0v) is 12.9. The van der Waals surface area contributed by atoms with Gasteiger partial charge in [-0.05, 0) is 24.3 Å². The highest BCUT2D eigenvalue weighted by molar-refractivity contribution is 8.23. The molecule has 0 amide bonds. The molecule has 19 heavy (non-hydrogen) atoms. The molecule has 0 aromatic heterocycles. The molecule has 0 atom stereocenters. The lowest BCUT2D eigenvalue weighted by molar-refractivity contribution is 0.103. The lowest BCUT2D eigenvalue weighted by Gasteiger charge is -2.13. The van der Waals surface area contributed by atoms with Crippen molar-refractivity contribution in [1.29, 1.82) is 0 Å². The molecule has 0 saturated carbocycles. The molecule has 0 saturated heterocycles. The third kappa shape index (κ3) is 4.69. The van der Waals surface area contributed by atoms with Crippen LogP contribution >= 0.6 is 24.0 Å². The summed E-state index contributed by atoms with van der Waals surface area (Å²) in [6, 6.07) is 7.00. The van der Waals surface area contributed by atoms with Crippen LogP contribution in [0.1, 0.15) is 10.4 Å². The monoisotopic (exact) mass is 295 g/mol. The molecule has 0 N–H and O–H groups in total. The topological polar surface area (TPSA) is 29.5 Å². The van der Waals surface area contributed by atoms with Crippen molar-refractivity contribution in [3.63, 3.8) is 0 Å². The summed E-state index contributed by atoms with van der Waals surface area (Å²) in [5, 5.41) is 0. The maximum absolute atomic E-state index is 12.1. The maximum Gasteiger partial charge on any atom is 0.189 e. The lowest BCUT2D eigenvalue weighted by atomic mass is 10.1. The number of benzene rings is 1. The fraction of sp³-hybridized carbons (Fsp3) is 0.286. The van der Waals surface area contributed by atoms with Crippen molar-refractivity contribution in [2.45, 2.75) is 0 Å². The Bertz CT molecular complexity index is 481. The molecule has 0 spiro atoms. The van der Waals surface area contributed by atoms with Gasteiger partial charge in [0.05, 0.1) is 7.11 Å². The number of carbonyl (C=O) groups is 1. The number of methoxy groups -OCH3 is 1. The van der Waals surface area contributed by atoms with E-state index in [2.05, 4.69) is 6.58 Å². The summed E-state index contributed by atoms with van der Waals surface area (Å²) in [5.41, 5.74) is 1.15. The van der Waals surface area contributed by atoms with E-state index in [9.17, 15) is 4.79 Å². The summed E-state index contributed by atoms with van der Waals surface area (Å²) >= 11 is 6.59. The van der Waals surface area contributed by atoms with Crippen LogP contribution in [0.5, 0.6) is 5.75 Å². The Balaban J connectivity index is 2.61. The van der Waals surface area contributed by atoms with Gasteiger partial charge in [-0.2, -0.15) is 0 Å². The maximum atomic E-state index is 12.1. The summed E-state index contributed by atoms with van der Waals surface area (Å²) in [7, 11) is 5.35. The standard InChI is InChI=1S/C14H17NO2S2/c1-10(9-19-14(18)15(2)3)13(16)11-5-7-12(17-4)8-6-11/h5-8H,1,9H2,2-4H3. The van der Waals surface area contributed by atoms with E-state index >= 15 is 0 Å². The third-order valence-electron chi connectivity index (χ3n) is 2.41. The van der Waals surface area contributed by atoms with Crippen molar-refractivity contribution in [2.24, 2.45) is 0 Å². The van der Waals surface area contributed by atoms with E-state index in [-0.39, 0.29) is 5.78 Å². The lowest BCUT2D eigenvalue weighted by Crippen LogP contribution is -2.17. The summed E-state index contributed by atoms with van der Waals surface area (Å²) in [4.78, 5) is 14.0. The van der Waals surface area contributed by atoms with Gasteiger partial charge in [-0.1, -0.05) is 30.6 Å². The van der Waals surface area contributed by atoms with Gasteiger partial charge in [0.15, 0.2) is 5.78 Å². The molecule has 0 unspecified atom stereocenters. The second-order valence-corrected chi connectivity index (χ2v) is 5.72. The van der Waals surface area contributed by atoms with Crippen molar-refractivity contribution in [3.8, 4) is 5.75 Å². The molecule has 0 aliphatic carbocycles. The molecule has 0 heterocycles. The largest absolute Gasteiger partial charge is 0.497 e. The molecule has 1 aromatic rings. The number of hydrogen-bond donors (Lipinski definition) is 0. The van der Waals surface area contributed by atoms with Gasteiger partial charge in [-0.15, -0.1) is 0 Å². The first-order valence-electron chi connectivity index (χ1n) is 5.66. The number of thiocarbonyl (C=S) groups is 1. The normalized spacial score (nSPS) is 9.84. The molecule has 3 nitrogen and oxygen atoms in total. The van der Waals surface area contributed by atoms with Crippen LogP contribution in [0.25, 0.3) is 0 Å². The highest BCUT2D eigenvalue weighted by atomic mass is 32.2. The van der Waals surface area contributed by atoms with E-state index in [1.807, 2.05) is 19.0 Å². The van der Waals surface area contributed by atoms with E-state index in [4.69, 9.17) is 17.0 Å². The molecule has 5 heteroatoms. The van der Waals surface area contributed by atoms with Gasteiger partial charge in [0.2, 0.25) is 0 Å². The third-order valence-corrected chi connectivity index (χ3v) is 4.23. The van der Waals surface area contributed by atoms with E-state index in [0.717, 1.165) is 10.1 Å². The van der Waals surface area contributed by atoms with Crippen LogP contribution in [0.3, 0.4) is 0 Å². The second-order valence-electron chi connectivity index (χ2n) is 4.11. The molecular formula is C14H17NO2S2. The van der Waals surface area contributed by atoms with Gasteiger partial charge < -0.3 is 9.64 Å². The predicted octanol–water partition coefficient (Wildman–Crippen LogP) is 3.01. The van der Waals surface area contributed by atoms with Gasteiger partial charge >= 0.3 is 0 Å². The number of nitrogens with zero attached hydrogens (tertiary/aromatic N) is 1. The number of ether oxygens (including phenoxy) is 1. The van der Waals surface area contributed by atoms with Crippen LogP contribution in [-0.4, -0.2) is 42.0 Å². The molecule has 0 fully saturated rings. The Hall–Kier alpha value is -1.33. The zero-order valence-electron chi connectivity index (χ0n) is 11.3. The minimum absolute atomic E-state index is 0.0586. The smallest absolute Gasteiger partial charge is 0.189 e. The summed E-state index contributed by atoms with van der Waals surface area (Å²) in [6.07, 6.45) is 0. The summed E-state index contributed by atoms with van der Waals surface area (Å²) in [6.45, 7) is 3.83. The zero-order chi connectivity index (χ0) is 14.4. The fourth-order valence-electron chi connectivity index (χ4n) is 1.29. The van der Waals surface area contributed by atoms with Crippen molar-refractivity contribution < 1.29 is 9.53 Å². The van der Waals surface area contributed by atoms with Gasteiger partial charge in [-0.3, -0.25) is 4.79 Å². The SMILES string of the molecule is C=C(CSC(=S)N(C)C)C(=O)c1ccc(OC)cc1. The minimum Gasteiger partial charge on any atom is -0.497 e. The Morgan fingerprint density at radius 1 is 1.37 bits per heavy atom. The number of hydrogen-bond acceptors (Lipinski definition) is 4. The minimum atomic E-state index is -0.0586. The van der Waals surface area contributed by atoms with E-state index < -0.39 is 0 Å². The van der Waals surface area contributed by atoms with Gasteiger partial charge in [0.1, 0.15) is 10.1 Å². The Morgan fingerprint density at radius 2 is 1.95 bits per heavy atom. The average molecular weight is 295 g/mol. The van der Waals surface area contributed by atoms with Crippen LogP contribution in [0.15, 0.2) is 36.4 Å². The van der Waals surface area contributed by atoms with Crippen LogP contribution < -0.4 is 4.74 Å². The molecular weight excluding hydrogens is 278 g/mol. The first-order valence-corrected chi connectivity index (χ1v) is 7.05. The van der Waals surface area contributed by atoms with E-state index in [0.29, 0.717) is 16.9 Å². The van der Waals surface area contributed by atoms with Crippen LogP contribution in [0.4, 0.5) is 0 Å². The highest BCUT2D eigenvalue weighted by Crippen LogP contribution is 2.17. The van der Waals surface area contributed by atoms with Crippen LogP contribution in [0, 0.1) is 0 Å². The number of rotatable bonds is 5. The quantitative estimate of drug-likeness (QED) is 0.473. The molecule has 0 radical (unpaired) electrons. The molecule has 1 aromatic carbocycles. The Labute approximate surface area is 123 Å². The first kappa shape index (κ1) is 15.7. The molecule has 102 valence electrons. The van der Waals surface area contributed by atoms with Crippen molar-refractivity contribution in [1.82, 2.24) is 4.90 Å². The average Bonchev–Trinajstić information content (AvgIpc) is 2.43. The Morgan fingerprint density at radius 3 is 2.42 bits per heavy atom. The van der Waals surface area contributed by atoms with E-state index in [1.165, 1.54) is 11.8 Å². The number of carbonyl (C=O) groups excluding carboxylic acids is 1. The van der Waals surface area contributed by atoms with Crippen molar-refractivity contribution >= 4 is 34.1 Å². The molecule has 0 aliphatic rings. The van der Waals surface area contributed by atoms with Crippen molar-refractivity contribution in [3.05, 3.63) is 42.0 Å². The van der Waals surface area contributed by atoms with E-state index in [1.54, 1.807) is 31.4 Å². The van der Waals surface area contributed by atoms with Gasteiger partial charge in [0, 0.05) is 31.0 Å². The summed E-state index contributed by atoms with van der Waals surface area (Å²) in [5.74, 6) is 1.17. The van der Waals surface area contributed by atoms with Crippen molar-refractivity contribution in [2.75, 3.05) is 27.0 Å². The van der Waals surface area contributed by atoms with Crippen LogP contribution in [0.2, 0.25) is 0 Å².